The number of hydrogen-bond donors (Lipinski definition) is 2. The number of nitrogens with one attached hydrogen (secondary N) is 1. The Balaban J connectivity index is 1.70. The molecule has 0 unspecified atom stereocenters. The zero-order valence-corrected chi connectivity index (χ0v) is 13.6. The molecule has 0 aromatic heterocycles. The van der Waals surface area contributed by atoms with E-state index in [1.807, 2.05) is 55.5 Å². The van der Waals surface area contributed by atoms with Crippen molar-refractivity contribution < 1.29 is 9.47 Å². The number of rotatable bonds is 7. The van der Waals surface area contributed by atoms with Gasteiger partial charge in [-0.2, -0.15) is 0 Å². The predicted molar refractivity (Wildman–Crippen MR) is 94.4 cm³/mol. The summed E-state index contributed by atoms with van der Waals surface area (Å²) in [6.45, 7) is 3.23. The van der Waals surface area contributed by atoms with Crippen molar-refractivity contribution in [3.05, 3.63) is 54.1 Å². The highest BCUT2D eigenvalue weighted by molar-refractivity contribution is 5.92. The summed E-state index contributed by atoms with van der Waals surface area (Å²) in [4.78, 5) is 4.29. The van der Waals surface area contributed by atoms with E-state index >= 15 is 0 Å². The van der Waals surface area contributed by atoms with E-state index in [2.05, 4.69) is 10.3 Å². The maximum Gasteiger partial charge on any atom is 0.193 e. The Morgan fingerprint density at radius 1 is 1.13 bits per heavy atom. The molecule has 0 aliphatic carbocycles. The minimum Gasteiger partial charge on any atom is -0.497 e. The third-order valence-corrected chi connectivity index (χ3v) is 3.22. The number of nitrogens with two attached hydrogens (primary N) is 1. The van der Waals surface area contributed by atoms with E-state index in [0.717, 1.165) is 23.6 Å². The Hall–Kier alpha value is -2.69. The van der Waals surface area contributed by atoms with Crippen LogP contribution >= 0.6 is 0 Å². The van der Waals surface area contributed by atoms with Crippen molar-refractivity contribution in [2.45, 2.75) is 13.3 Å². The molecule has 5 nitrogen and oxygen atoms in total. The quantitative estimate of drug-likeness (QED) is 0.468. The zero-order chi connectivity index (χ0) is 16.5. The van der Waals surface area contributed by atoms with Crippen molar-refractivity contribution in [2.75, 3.05) is 25.6 Å². The van der Waals surface area contributed by atoms with Crippen LogP contribution in [0.4, 0.5) is 5.69 Å². The third kappa shape index (κ3) is 5.90. The molecule has 23 heavy (non-hydrogen) atoms. The summed E-state index contributed by atoms with van der Waals surface area (Å²) >= 11 is 0. The molecule has 0 amide bonds. The molecule has 0 spiro atoms. The molecular weight excluding hydrogens is 290 g/mol. The number of hydrogen-bond acceptors (Lipinski definition) is 3. The van der Waals surface area contributed by atoms with Gasteiger partial charge >= 0.3 is 0 Å². The van der Waals surface area contributed by atoms with Gasteiger partial charge in [0, 0.05) is 24.7 Å². The number of aryl methyl sites for hydroxylation is 1. The average Bonchev–Trinajstić information content (AvgIpc) is 2.57. The number of anilines is 1. The summed E-state index contributed by atoms with van der Waals surface area (Å²) < 4.78 is 10.8. The summed E-state index contributed by atoms with van der Waals surface area (Å²) in [6.07, 6.45) is 0.785. The molecule has 2 aromatic carbocycles. The fourth-order valence-corrected chi connectivity index (χ4v) is 1.97. The molecular formula is C18H23N3O2. The van der Waals surface area contributed by atoms with Crippen LogP contribution < -0.4 is 20.5 Å². The predicted octanol–water partition coefficient (Wildman–Crippen LogP) is 3.20. The molecule has 0 heterocycles. The molecule has 0 saturated carbocycles. The number of ether oxygens (including phenoxy) is 2. The van der Waals surface area contributed by atoms with Crippen LogP contribution in [0.25, 0.3) is 0 Å². The topological polar surface area (TPSA) is 68.9 Å². The molecule has 5 heteroatoms. The van der Waals surface area contributed by atoms with Crippen molar-refractivity contribution >= 4 is 11.6 Å². The number of guanidine groups is 1. The second kappa shape index (κ2) is 8.68. The van der Waals surface area contributed by atoms with Gasteiger partial charge in [0.1, 0.15) is 11.5 Å². The van der Waals surface area contributed by atoms with Gasteiger partial charge in [-0.1, -0.05) is 23.8 Å². The van der Waals surface area contributed by atoms with Gasteiger partial charge in [-0.05, 0) is 31.2 Å². The monoisotopic (exact) mass is 313 g/mol. The largest absolute Gasteiger partial charge is 0.497 e. The minimum atomic E-state index is 0.412. The van der Waals surface area contributed by atoms with Crippen LogP contribution in [0.1, 0.15) is 12.0 Å². The maximum atomic E-state index is 5.86. The maximum absolute atomic E-state index is 5.86. The van der Waals surface area contributed by atoms with Gasteiger partial charge in [-0.25, -0.2) is 0 Å². The second-order valence-corrected chi connectivity index (χ2v) is 5.14. The molecule has 0 saturated heterocycles. The van der Waals surface area contributed by atoms with Crippen LogP contribution in [-0.2, 0) is 0 Å². The lowest BCUT2D eigenvalue weighted by atomic mass is 10.2. The Morgan fingerprint density at radius 3 is 2.61 bits per heavy atom. The number of nitrogens with zero attached hydrogens (tertiary/aromatic N) is 1. The summed E-state index contributed by atoms with van der Waals surface area (Å²) in [5.41, 5.74) is 8.00. The van der Waals surface area contributed by atoms with Crippen LogP contribution in [0.5, 0.6) is 11.5 Å². The first-order chi connectivity index (χ1) is 11.2. The Bertz CT molecular complexity index is 639. The first kappa shape index (κ1) is 16.7. The van der Waals surface area contributed by atoms with Gasteiger partial charge < -0.3 is 20.5 Å². The summed E-state index contributed by atoms with van der Waals surface area (Å²) in [6, 6.07) is 15.5. The third-order valence-electron chi connectivity index (χ3n) is 3.22. The smallest absolute Gasteiger partial charge is 0.193 e. The fourth-order valence-electron chi connectivity index (χ4n) is 1.97. The SMILES string of the molecule is COc1cccc(OCCCN=C(N)Nc2ccc(C)cc2)c1. The molecule has 122 valence electrons. The van der Waals surface area contributed by atoms with Crippen LogP contribution in [0.2, 0.25) is 0 Å². The van der Waals surface area contributed by atoms with Crippen molar-refractivity contribution in [3.63, 3.8) is 0 Å². The molecule has 3 N–H and O–H groups in total. The number of benzene rings is 2. The summed E-state index contributed by atoms with van der Waals surface area (Å²) in [5.74, 6) is 1.99. The van der Waals surface area contributed by atoms with Crippen molar-refractivity contribution in [3.8, 4) is 11.5 Å². The highest BCUT2D eigenvalue weighted by Gasteiger charge is 1.97. The summed E-state index contributed by atoms with van der Waals surface area (Å²) in [7, 11) is 1.64. The fraction of sp³-hybridized carbons (Fsp3) is 0.278. The molecule has 0 aliphatic heterocycles. The van der Waals surface area contributed by atoms with Crippen LogP contribution in [0.3, 0.4) is 0 Å². The Morgan fingerprint density at radius 2 is 1.87 bits per heavy atom. The number of methoxy groups -OCH3 is 1. The lowest BCUT2D eigenvalue weighted by Crippen LogP contribution is -2.23. The van der Waals surface area contributed by atoms with Gasteiger partial charge in [-0.3, -0.25) is 4.99 Å². The van der Waals surface area contributed by atoms with Gasteiger partial charge in [0.15, 0.2) is 5.96 Å². The first-order valence-electron chi connectivity index (χ1n) is 7.58. The number of aliphatic imine (C=N–C) groups is 1. The van der Waals surface area contributed by atoms with Crippen LogP contribution in [0.15, 0.2) is 53.5 Å². The van der Waals surface area contributed by atoms with Crippen molar-refractivity contribution in [1.29, 1.82) is 0 Å². The van der Waals surface area contributed by atoms with E-state index in [1.165, 1.54) is 5.56 Å². The standard InChI is InChI=1S/C18H23N3O2/c1-14-7-9-15(10-8-14)21-18(19)20-11-4-12-23-17-6-3-5-16(13-17)22-2/h3,5-10,13H,4,11-12H2,1-2H3,(H3,19,20,21). The molecule has 2 aromatic rings. The lowest BCUT2D eigenvalue weighted by Gasteiger charge is -2.08. The normalized spacial score (nSPS) is 11.1. The van der Waals surface area contributed by atoms with E-state index < -0.39 is 0 Å². The highest BCUT2D eigenvalue weighted by Crippen LogP contribution is 2.18. The molecule has 0 bridgehead atoms. The minimum absolute atomic E-state index is 0.412. The van der Waals surface area contributed by atoms with Crippen LogP contribution in [0, 0.1) is 6.92 Å². The van der Waals surface area contributed by atoms with E-state index in [1.54, 1.807) is 7.11 Å². The molecule has 0 aliphatic rings. The van der Waals surface area contributed by atoms with Gasteiger partial charge in [-0.15, -0.1) is 0 Å². The Labute approximate surface area is 137 Å². The molecule has 2 rings (SSSR count). The Kier molecular flexibility index (Phi) is 6.29. The molecule has 0 radical (unpaired) electrons. The van der Waals surface area contributed by atoms with Gasteiger partial charge in [0.25, 0.3) is 0 Å². The highest BCUT2D eigenvalue weighted by atomic mass is 16.5. The zero-order valence-electron chi connectivity index (χ0n) is 13.6. The van der Waals surface area contributed by atoms with E-state index in [0.29, 0.717) is 19.1 Å². The first-order valence-corrected chi connectivity index (χ1v) is 7.58. The van der Waals surface area contributed by atoms with E-state index in [9.17, 15) is 0 Å². The average molecular weight is 313 g/mol. The van der Waals surface area contributed by atoms with E-state index in [-0.39, 0.29) is 0 Å². The van der Waals surface area contributed by atoms with Gasteiger partial charge in [0.05, 0.1) is 13.7 Å². The molecule has 0 fully saturated rings. The van der Waals surface area contributed by atoms with Crippen molar-refractivity contribution in [2.24, 2.45) is 10.7 Å². The van der Waals surface area contributed by atoms with Crippen LogP contribution in [-0.4, -0.2) is 26.2 Å². The lowest BCUT2D eigenvalue weighted by molar-refractivity contribution is 0.311. The second-order valence-electron chi connectivity index (χ2n) is 5.14. The molecule has 0 atom stereocenters. The summed E-state index contributed by atoms with van der Waals surface area (Å²) in [5, 5.41) is 3.06. The van der Waals surface area contributed by atoms with E-state index in [4.69, 9.17) is 15.2 Å². The van der Waals surface area contributed by atoms with Gasteiger partial charge in [0.2, 0.25) is 0 Å². The van der Waals surface area contributed by atoms with Crippen molar-refractivity contribution in [1.82, 2.24) is 0 Å².